The van der Waals surface area contributed by atoms with Crippen LogP contribution < -0.4 is 5.32 Å². The second-order valence-electron chi connectivity index (χ2n) is 6.32. The van der Waals surface area contributed by atoms with Gasteiger partial charge in [-0.25, -0.2) is 0 Å². The minimum Gasteiger partial charge on any atom is -0.314 e. The van der Waals surface area contributed by atoms with Gasteiger partial charge in [0.15, 0.2) is 0 Å². The third-order valence-electron chi connectivity index (χ3n) is 4.60. The van der Waals surface area contributed by atoms with Crippen LogP contribution in [0.1, 0.15) is 5.56 Å². The van der Waals surface area contributed by atoms with E-state index in [1.165, 1.54) is 6.07 Å². The van der Waals surface area contributed by atoms with Crippen molar-refractivity contribution < 1.29 is 13.2 Å². The van der Waals surface area contributed by atoms with E-state index < -0.39 is 11.7 Å². The third-order valence-corrected chi connectivity index (χ3v) is 4.60. The molecular weight excluding hydrogens is 343 g/mol. The number of hydrogen-bond acceptors (Lipinski definition) is 4. The van der Waals surface area contributed by atoms with E-state index in [1.807, 2.05) is 22.9 Å². The van der Waals surface area contributed by atoms with E-state index in [0.29, 0.717) is 12.4 Å². The van der Waals surface area contributed by atoms with Gasteiger partial charge in [0, 0.05) is 43.3 Å². The first kappa shape index (κ1) is 17.0. The monoisotopic (exact) mass is 361 g/mol. The van der Waals surface area contributed by atoms with Crippen molar-refractivity contribution in [3.05, 3.63) is 48.3 Å². The lowest BCUT2D eigenvalue weighted by atomic mass is 10.1. The number of alkyl halides is 3. The highest BCUT2D eigenvalue weighted by Crippen LogP contribution is 2.31. The van der Waals surface area contributed by atoms with Gasteiger partial charge in [0.25, 0.3) is 0 Å². The summed E-state index contributed by atoms with van der Waals surface area (Å²) >= 11 is 0. The number of aromatic nitrogens is 3. The molecule has 5 nitrogen and oxygen atoms in total. The molecule has 0 aliphatic carbocycles. The molecule has 0 bridgehead atoms. The molecule has 2 aromatic heterocycles. The molecule has 4 rings (SSSR count). The predicted molar refractivity (Wildman–Crippen MR) is 92.4 cm³/mol. The minimum absolute atomic E-state index is 0.505. The summed E-state index contributed by atoms with van der Waals surface area (Å²) in [6, 6.07) is 8.18. The summed E-state index contributed by atoms with van der Waals surface area (Å²) in [5.41, 5.74) is 1.48. The van der Waals surface area contributed by atoms with Crippen LogP contribution in [0.4, 0.5) is 13.2 Å². The molecule has 0 unspecified atom stereocenters. The molecule has 3 heterocycles. The van der Waals surface area contributed by atoms with Crippen molar-refractivity contribution in [1.82, 2.24) is 25.0 Å². The number of nitrogens with zero attached hydrogens (tertiary/aromatic N) is 4. The summed E-state index contributed by atoms with van der Waals surface area (Å²) in [7, 11) is 0. The molecule has 1 saturated heterocycles. The standard InChI is InChI=1S/C18H18F3N5/c19-18(20,21)13-4-5-16(23-10-13)14-2-1-3-17-15(14)11-24-26(17)12-25-8-6-22-7-9-25/h1-5,10-11,22H,6-9,12H2. The Bertz CT molecular complexity index is 895. The molecule has 8 heteroatoms. The van der Waals surface area contributed by atoms with Gasteiger partial charge in [0.1, 0.15) is 0 Å². The number of pyridine rings is 1. The van der Waals surface area contributed by atoms with Gasteiger partial charge in [-0.05, 0) is 18.2 Å². The average molecular weight is 361 g/mol. The first-order valence-corrected chi connectivity index (χ1v) is 8.43. The summed E-state index contributed by atoms with van der Waals surface area (Å²) in [4.78, 5) is 6.33. The molecule has 1 fully saturated rings. The number of piperazine rings is 1. The predicted octanol–water partition coefficient (Wildman–Crippen LogP) is 2.98. The van der Waals surface area contributed by atoms with Gasteiger partial charge in [-0.2, -0.15) is 18.3 Å². The van der Waals surface area contributed by atoms with E-state index in [0.717, 1.165) is 54.9 Å². The number of halogens is 3. The molecule has 1 aliphatic heterocycles. The fraction of sp³-hybridized carbons (Fsp3) is 0.333. The summed E-state index contributed by atoms with van der Waals surface area (Å²) in [6.07, 6.45) is -1.75. The van der Waals surface area contributed by atoms with Crippen molar-refractivity contribution in [2.24, 2.45) is 0 Å². The zero-order valence-corrected chi connectivity index (χ0v) is 14.0. The Labute approximate surface area is 148 Å². The maximum Gasteiger partial charge on any atom is 0.417 e. The van der Waals surface area contributed by atoms with Gasteiger partial charge >= 0.3 is 6.18 Å². The molecule has 26 heavy (non-hydrogen) atoms. The number of nitrogens with one attached hydrogen (secondary N) is 1. The highest BCUT2D eigenvalue weighted by Gasteiger charge is 2.30. The van der Waals surface area contributed by atoms with Crippen molar-refractivity contribution in [3.63, 3.8) is 0 Å². The fourth-order valence-electron chi connectivity index (χ4n) is 3.20. The Morgan fingerprint density at radius 3 is 2.54 bits per heavy atom. The van der Waals surface area contributed by atoms with Gasteiger partial charge in [-0.3, -0.25) is 14.6 Å². The highest BCUT2D eigenvalue weighted by molar-refractivity contribution is 5.93. The van der Waals surface area contributed by atoms with Crippen LogP contribution >= 0.6 is 0 Å². The van der Waals surface area contributed by atoms with Crippen LogP contribution in [0.3, 0.4) is 0 Å². The summed E-state index contributed by atoms with van der Waals surface area (Å²) in [5.74, 6) is 0. The first-order chi connectivity index (χ1) is 12.5. The molecule has 1 aromatic carbocycles. The Kier molecular flexibility index (Phi) is 4.37. The number of rotatable bonds is 3. The minimum atomic E-state index is -4.38. The molecule has 0 atom stereocenters. The van der Waals surface area contributed by atoms with Crippen molar-refractivity contribution in [1.29, 1.82) is 0 Å². The molecule has 1 N–H and O–H groups in total. The van der Waals surface area contributed by atoms with Crippen LogP contribution in [0.15, 0.2) is 42.7 Å². The highest BCUT2D eigenvalue weighted by atomic mass is 19.4. The fourth-order valence-corrected chi connectivity index (χ4v) is 3.20. The Morgan fingerprint density at radius 2 is 1.85 bits per heavy atom. The third kappa shape index (κ3) is 3.30. The lowest BCUT2D eigenvalue weighted by molar-refractivity contribution is -0.137. The van der Waals surface area contributed by atoms with Crippen LogP contribution in [0.2, 0.25) is 0 Å². The molecule has 1 aliphatic rings. The SMILES string of the molecule is FC(F)(F)c1ccc(-c2cccc3c2cnn3CN2CCNCC2)nc1. The maximum atomic E-state index is 12.7. The Hall–Kier alpha value is -2.45. The molecule has 3 aromatic rings. The zero-order chi connectivity index (χ0) is 18.1. The molecular formula is C18H18F3N5. The summed E-state index contributed by atoms with van der Waals surface area (Å²) in [6.45, 7) is 4.53. The van der Waals surface area contributed by atoms with Crippen molar-refractivity contribution in [2.45, 2.75) is 12.8 Å². The Morgan fingerprint density at radius 1 is 1.04 bits per heavy atom. The van der Waals surface area contributed by atoms with Crippen LogP contribution in [-0.4, -0.2) is 45.8 Å². The summed E-state index contributed by atoms with van der Waals surface area (Å²) in [5, 5.41) is 8.68. The van der Waals surface area contributed by atoms with Crippen LogP contribution in [-0.2, 0) is 12.8 Å². The lowest BCUT2D eigenvalue weighted by Crippen LogP contribution is -2.44. The number of fused-ring (bicyclic) bond motifs is 1. The average Bonchev–Trinajstić information content (AvgIpc) is 3.05. The molecule has 0 amide bonds. The molecule has 136 valence electrons. The Balaban J connectivity index is 1.66. The number of benzene rings is 1. The lowest BCUT2D eigenvalue weighted by Gasteiger charge is -2.27. The summed E-state index contributed by atoms with van der Waals surface area (Å²) < 4.78 is 40.1. The van der Waals surface area contributed by atoms with Crippen molar-refractivity contribution in [3.8, 4) is 11.3 Å². The maximum absolute atomic E-state index is 12.7. The first-order valence-electron chi connectivity index (χ1n) is 8.43. The molecule has 0 spiro atoms. The van der Waals surface area contributed by atoms with Gasteiger partial charge < -0.3 is 5.32 Å². The van der Waals surface area contributed by atoms with E-state index in [-0.39, 0.29) is 0 Å². The van der Waals surface area contributed by atoms with Crippen molar-refractivity contribution >= 4 is 10.9 Å². The largest absolute Gasteiger partial charge is 0.417 e. The second-order valence-corrected chi connectivity index (χ2v) is 6.32. The van der Waals surface area contributed by atoms with E-state index in [4.69, 9.17) is 0 Å². The van der Waals surface area contributed by atoms with E-state index in [9.17, 15) is 13.2 Å². The second kappa shape index (κ2) is 6.69. The molecule has 0 saturated carbocycles. The quantitative estimate of drug-likeness (QED) is 0.779. The van der Waals surface area contributed by atoms with Crippen LogP contribution in [0.25, 0.3) is 22.2 Å². The smallest absolute Gasteiger partial charge is 0.314 e. The van der Waals surface area contributed by atoms with Crippen LogP contribution in [0.5, 0.6) is 0 Å². The van der Waals surface area contributed by atoms with Gasteiger partial charge in [0.2, 0.25) is 0 Å². The van der Waals surface area contributed by atoms with E-state index >= 15 is 0 Å². The zero-order valence-electron chi connectivity index (χ0n) is 14.0. The normalized spacial score (nSPS) is 16.3. The van der Waals surface area contributed by atoms with E-state index in [1.54, 1.807) is 6.20 Å². The van der Waals surface area contributed by atoms with Gasteiger partial charge in [-0.1, -0.05) is 12.1 Å². The number of hydrogen-bond donors (Lipinski definition) is 1. The van der Waals surface area contributed by atoms with Crippen LogP contribution in [0, 0.1) is 0 Å². The van der Waals surface area contributed by atoms with E-state index in [2.05, 4.69) is 20.3 Å². The topological polar surface area (TPSA) is 46.0 Å². The van der Waals surface area contributed by atoms with Gasteiger partial charge in [0.05, 0.1) is 29.6 Å². The van der Waals surface area contributed by atoms with Gasteiger partial charge in [-0.15, -0.1) is 0 Å². The van der Waals surface area contributed by atoms with Crippen molar-refractivity contribution in [2.75, 3.05) is 26.2 Å². The molecule has 0 radical (unpaired) electrons.